The Balaban J connectivity index is 1.74. The molecule has 0 unspecified atom stereocenters. The first-order valence-electron chi connectivity index (χ1n) is 9.02. The Hall–Kier alpha value is -2.98. The fourth-order valence-electron chi connectivity index (χ4n) is 3.18. The third-order valence-corrected chi connectivity index (χ3v) is 5.61. The lowest BCUT2D eigenvalue weighted by molar-refractivity contribution is -0.121. The zero-order valence-electron chi connectivity index (χ0n) is 15.7. The van der Waals surface area contributed by atoms with Gasteiger partial charge in [0.1, 0.15) is 5.76 Å². The first kappa shape index (κ1) is 19.8. The van der Waals surface area contributed by atoms with E-state index < -0.39 is 5.92 Å². The summed E-state index contributed by atoms with van der Waals surface area (Å²) in [6.45, 7) is 3.99. The van der Waals surface area contributed by atoms with Gasteiger partial charge in [0, 0.05) is 12.1 Å². The fraction of sp³-hybridized carbons (Fsp3) is 0.286. The van der Waals surface area contributed by atoms with Crippen molar-refractivity contribution < 1.29 is 14.0 Å². The minimum atomic E-state index is -0.428. The average Bonchev–Trinajstić information content (AvgIpc) is 3.22. The predicted molar refractivity (Wildman–Crippen MR) is 108 cm³/mol. The molecule has 7 heteroatoms. The van der Waals surface area contributed by atoms with E-state index in [9.17, 15) is 14.9 Å². The molecular weight excluding hydrogens is 374 g/mol. The number of hydrogen-bond donors (Lipinski definition) is 2. The Labute approximate surface area is 168 Å². The number of allylic oxidation sites excluding steroid dienone is 1. The second kappa shape index (κ2) is 8.81. The summed E-state index contributed by atoms with van der Waals surface area (Å²) in [5.41, 5.74) is 3.31. The van der Waals surface area contributed by atoms with Gasteiger partial charge in [-0.1, -0.05) is 36.9 Å². The Morgan fingerprint density at radius 3 is 2.89 bits per heavy atom. The van der Waals surface area contributed by atoms with Gasteiger partial charge in [0.15, 0.2) is 0 Å². The molecule has 3 rings (SSSR count). The second-order valence-electron chi connectivity index (χ2n) is 6.47. The monoisotopic (exact) mass is 395 g/mol. The van der Waals surface area contributed by atoms with Crippen molar-refractivity contribution in [2.45, 2.75) is 32.6 Å². The molecule has 144 valence electrons. The Morgan fingerprint density at radius 2 is 2.21 bits per heavy atom. The molecule has 1 aliphatic heterocycles. The topological polar surface area (TPSA) is 95.1 Å². The van der Waals surface area contributed by atoms with Crippen LogP contribution in [0.5, 0.6) is 0 Å². The fourth-order valence-corrected chi connectivity index (χ4v) is 4.06. The number of anilines is 1. The standard InChI is InChI=1S/C21H21N3O3S/c1-3-14-7-4-6-13(2)20(14)23-19(26)12-28-21-16(11-22)15(10-18(25)24-21)17-8-5-9-27-17/h4-9,15H,3,10,12H2,1-2H3,(H,23,26)(H,24,25)/t15-/m0/s1. The largest absolute Gasteiger partial charge is 0.469 e. The second-order valence-corrected chi connectivity index (χ2v) is 7.46. The Kier molecular flexibility index (Phi) is 6.22. The van der Waals surface area contributed by atoms with E-state index >= 15 is 0 Å². The van der Waals surface area contributed by atoms with Gasteiger partial charge >= 0.3 is 0 Å². The molecule has 6 nitrogen and oxygen atoms in total. The minimum Gasteiger partial charge on any atom is -0.469 e. The lowest BCUT2D eigenvalue weighted by atomic mass is 9.92. The smallest absolute Gasteiger partial charge is 0.234 e. The van der Waals surface area contributed by atoms with Crippen molar-refractivity contribution in [2.75, 3.05) is 11.1 Å². The summed E-state index contributed by atoms with van der Waals surface area (Å²) in [6.07, 6.45) is 2.48. The summed E-state index contributed by atoms with van der Waals surface area (Å²) in [7, 11) is 0. The van der Waals surface area contributed by atoms with Gasteiger partial charge in [-0.05, 0) is 36.6 Å². The highest BCUT2D eigenvalue weighted by Crippen LogP contribution is 2.36. The number of para-hydroxylation sites is 1. The predicted octanol–water partition coefficient (Wildman–Crippen LogP) is 3.86. The summed E-state index contributed by atoms with van der Waals surface area (Å²) in [4.78, 5) is 24.6. The molecule has 1 atom stereocenters. The summed E-state index contributed by atoms with van der Waals surface area (Å²) < 4.78 is 5.39. The van der Waals surface area contributed by atoms with E-state index in [0.29, 0.717) is 16.4 Å². The summed E-state index contributed by atoms with van der Waals surface area (Å²) in [5, 5.41) is 15.7. The van der Waals surface area contributed by atoms with Crippen LogP contribution in [-0.2, 0) is 16.0 Å². The van der Waals surface area contributed by atoms with Crippen LogP contribution in [0.2, 0.25) is 0 Å². The molecule has 2 aromatic rings. The summed E-state index contributed by atoms with van der Waals surface area (Å²) >= 11 is 1.15. The van der Waals surface area contributed by atoms with Gasteiger partial charge in [-0.15, -0.1) is 0 Å². The number of nitriles is 1. The summed E-state index contributed by atoms with van der Waals surface area (Å²) in [5.74, 6) is -0.157. The molecule has 2 N–H and O–H groups in total. The van der Waals surface area contributed by atoms with Gasteiger partial charge in [0.05, 0.1) is 34.6 Å². The van der Waals surface area contributed by atoms with E-state index in [-0.39, 0.29) is 24.0 Å². The van der Waals surface area contributed by atoms with Crippen LogP contribution in [0, 0.1) is 18.3 Å². The number of hydrogen-bond acceptors (Lipinski definition) is 5. The van der Waals surface area contributed by atoms with Crippen LogP contribution >= 0.6 is 11.8 Å². The van der Waals surface area contributed by atoms with Crippen LogP contribution in [0.25, 0.3) is 0 Å². The van der Waals surface area contributed by atoms with Crippen LogP contribution in [-0.4, -0.2) is 17.6 Å². The molecular formula is C21H21N3O3S. The van der Waals surface area contributed by atoms with E-state index in [1.165, 1.54) is 6.26 Å². The van der Waals surface area contributed by atoms with E-state index in [1.54, 1.807) is 12.1 Å². The number of carbonyl (C=O) groups is 2. The van der Waals surface area contributed by atoms with Crippen LogP contribution in [0.3, 0.4) is 0 Å². The van der Waals surface area contributed by atoms with E-state index in [0.717, 1.165) is 35.0 Å². The maximum Gasteiger partial charge on any atom is 0.234 e. The van der Waals surface area contributed by atoms with E-state index in [4.69, 9.17) is 4.42 Å². The zero-order chi connectivity index (χ0) is 20.1. The number of nitrogens with zero attached hydrogens (tertiary/aromatic N) is 1. The molecule has 2 amide bonds. The normalized spacial score (nSPS) is 16.5. The number of benzene rings is 1. The maximum atomic E-state index is 12.5. The molecule has 1 aliphatic rings. The molecule has 1 aromatic heterocycles. The molecule has 0 saturated carbocycles. The third-order valence-electron chi connectivity index (χ3n) is 4.59. The number of aryl methyl sites for hydroxylation is 2. The van der Waals surface area contributed by atoms with Gasteiger partial charge in [0.2, 0.25) is 11.8 Å². The number of thioether (sulfide) groups is 1. The number of furan rings is 1. The average molecular weight is 395 g/mol. The van der Waals surface area contributed by atoms with Gasteiger partial charge in [0.25, 0.3) is 0 Å². The Bertz CT molecular complexity index is 958. The molecule has 0 bridgehead atoms. The highest BCUT2D eigenvalue weighted by molar-refractivity contribution is 8.03. The molecule has 0 radical (unpaired) electrons. The zero-order valence-corrected chi connectivity index (χ0v) is 16.6. The molecule has 0 spiro atoms. The van der Waals surface area contributed by atoms with Crippen molar-refractivity contribution in [2.24, 2.45) is 0 Å². The molecule has 0 fully saturated rings. The van der Waals surface area contributed by atoms with Crippen LogP contribution in [0.15, 0.2) is 51.6 Å². The van der Waals surface area contributed by atoms with Crippen molar-refractivity contribution >= 4 is 29.3 Å². The molecule has 28 heavy (non-hydrogen) atoms. The number of amides is 2. The van der Waals surface area contributed by atoms with Crippen molar-refractivity contribution in [3.05, 3.63) is 64.1 Å². The number of rotatable bonds is 6. The van der Waals surface area contributed by atoms with Gasteiger partial charge in [-0.3, -0.25) is 9.59 Å². The lowest BCUT2D eigenvalue weighted by Crippen LogP contribution is -2.31. The minimum absolute atomic E-state index is 0.0865. The quantitative estimate of drug-likeness (QED) is 0.774. The number of nitrogens with one attached hydrogen (secondary N) is 2. The first-order valence-corrected chi connectivity index (χ1v) is 10.0. The van der Waals surface area contributed by atoms with Crippen molar-refractivity contribution in [3.8, 4) is 6.07 Å². The van der Waals surface area contributed by atoms with Crippen molar-refractivity contribution in [1.82, 2.24) is 5.32 Å². The first-order chi connectivity index (χ1) is 13.5. The Morgan fingerprint density at radius 1 is 1.39 bits per heavy atom. The van der Waals surface area contributed by atoms with Gasteiger partial charge in [-0.25, -0.2) is 0 Å². The highest BCUT2D eigenvalue weighted by Gasteiger charge is 2.31. The van der Waals surface area contributed by atoms with Gasteiger partial charge in [-0.2, -0.15) is 5.26 Å². The van der Waals surface area contributed by atoms with E-state index in [1.807, 2.05) is 32.0 Å². The highest BCUT2D eigenvalue weighted by atomic mass is 32.2. The SMILES string of the molecule is CCc1cccc(C)c1NC(=O)CSC1=C(C#N)[C@@H](c2ccco2)CC(=O)N1. The van der Waals surface area contributed by atoms with Gasteiger partial charge < -0.3 is 15.1 Å². The van der Waals surface area contributed by atoms with Crippen molar-refractivity contribution in [3.63, 3.8) is 0 Å². The number of carbonyl (C=O) groups excluding carboxylic acids is 2. The van der Waals surface area contributed by atoms with E-state index in [2.05, 4.69) is 16.7 Å². The molecule has 1 aromatic carbocycles. The van der Waals surface area contributed by atoms with Crippen LogP contribution in [0.1, 0.15) is 36.1 Å². The molecule has 2 heterocycles. The summed E-state index contributed by atoms with van der Waals surface area (Å²) in [6, 6.07) is 11.5. The lowest BCUT2D eigenvalue weighted by Gasteiger charge is -2.23. The molecule has 0 saturated heterocycles. The third kappa shape index (κ3) is 4.29. The van der Waals surface area contributed by atoms with Crippen LogP contribution < -0.4 is 10.6 Å². The maximum absolute atomic E-state index is 12.5. The van der Waals surface area contributed by atoms with Crippen molar-refractivity contribution in [1.29, 1.82) is 5.26 Å². The van der Waals surface area contributed by atoms with Crippen LogP contribution in [0.4, 0.5) is 5.69 Å². The molecule has 0 aliphatic carbocycles.